The fourth-order valence-electron chi connectivity index (χ4n) is 2.64. The van der Waals surface area contributed by atoms with Crippen molar-refractivity contribution in [2.45, 2.75) is 65.0 Å². The van der Waals surface area contributed by atoms with Crippen molar-refractivity contribution in [2.24, 2.45) is 0 Å². The second kappa shape index (κ2) is 7.76. The van der Waals surface area contributed by atoms with Gasteiger partial charge < -0.3 is 5.32 Å². The van der Waals surface area contributed by atoms with E-state index in [1.807, 2.05) is 0 Å². The molecule has 1 fully saturated rings. The van der Waals surface area contributed by atoms with Gasteiger partial charge in [0.25, 0.3) is 0 Å². The van der Waals surface area contributed by atoms with Crippen molar-refractivity contribution in [3.05, 3.63) is 0 Å². The van der Waals surface area contributed by atoms with E-state index in [9.17, 15) is 8.42 Å². The quantitative estimate of drug-likeness (QED) is 0.782. The van der Waals surface area contributed by atoms with Crippen LogP contribution in [0.3, 0.4) is 0 Å². The van der Waals surface area contributed by atoms with E-state index in [1.165, 1.54) is 19.3 Å². The summed E-state index contributed by atoms with van der Waals surface area (Å²) < 4.78 is 23.1. The molecule has 1 aliphatic rings. The number of rotatable bonds is 7. The Hall–Kier alpha value is -0.130. The molecular formula is C15H32N2O2S. The molecule has 5 heteroatoms. The van der Waals surface area contributed by atoms with Crippen LogP contribution in [0, 0.1) is 0 Å². The van der Waals surface area contributed by atoms with Gasteiger partial charge >= 0.3 is 0 Å². The van der Waals surface area contributed by atoms with Gasteiger partial charge in [0.05, 0.1) is 5.75 Å². The molecule has 1 unspecified atom stereocenters. The van der Waals surface area contributed by atoms with E-state index >= 15 is 0 Å². The molecule has 0 saturated carbocycles. The first kappa shape index (κ1) is 17.9. The van der Waals surface area contributed by atoms with Gasteiger partial charge in [0, 0.05) is 23.9 Å². The standard InChI is InChI=1S/C15H32N2O2S/c1-5-20(18,19)12-8-11-17-10-7-6-9-14(17)13-16-15(2,3)4/h14,16H,5-13H2,1-4H3. The first-order valence-corrected chi connectivity index (χ1v) is 9.75. The summed E-state index contributed by atoms with van der Waals surface area (Å²) in [5, 5.41) is 3.58. The van der Waals surface area contributed by atoms with Crippen molar-refractivity contribution in [1.82, 2.24) is 10.2 Å². The maximum Gasteiger partial charge on any atom is 0.150 e. The molecule has 0 bridgehead atoms. The second-order valence-electron chi connectivity index (χ2n) is 6.91. The minimum absolute atomic E-state index is 0.147. The Morgan fingerprint density at radius 3 is 2.55 bits per heavy atom. The first-order valence-electron chi connectivity index (χ1n) is 7.93. The van der Waals surface area contributed by atoms with E-state index < -0.39 is 9.84 Å². The minimum Gasteiger partial charge on any atom is -0.311 e. The van der Waals surface area contributed by atoms with E-state index in [2.05, 4.69) is 31.0 Å². The van der Waals surface area contributed by atoms with Gasteiger partial charge in [0.1, 0.15) is 9.84 Å². The van der Waals surface area contributed by atoms with Crippen LogP contribution in [0.2, 0.25) is 0 Å². The van der Waals surface area contributed by atoms with Gasteiger partial charge in [-0.15, -0.1) is 0 Å². The molecule has 0 aliphatic carbocycles. The lowest BCUT2D eigenvalue weighted by Gasteiger charge is -2.37. The highest BCUT2D eigenvalue weighted by Crippen LogP contribution is 2.17. The molecule has 1 heterocycles. The third-order valence-electron chi connectivity index (χ3n) is 3.96. The summed E-state index contributed by atoms with van der Waals surface area (Å²) in [5.41, 5.74) is 0.147. The lowest BCUT2D eigenvalue weighted by Crippen LogP contribution is -2.50. The topological polar surface area (TPSA) is 49.4 Å². The van der Waals surface area contributed by atoms with E-state index in [0.29, 0.717) is 11.8 Å². The average molecular weight is 305 g/mol. The van der Waals surface area contributed by atoms with Gasteiger partial charge in [-0.1, -0.05) is 13.3 Å². The maximum atomic E-state index is 11.5. The number of nitrogens with zero attached hydrogens (tertiary/aromatic N) is 1. The third-order valence-corrected chi connectivity index (χ3v) is 5.75. The smallest absolute Gasteiger partial charge is 0.150 e. The Morgan fingerprint density at radius 1 is 1.25 bits per heavy atom. The number of piperidine rings is 1. The fourth-order valence-corrected chi connectivity index (χ4v) is 3.50. The van der Waals surface area contributed by atoms with Crippen LogP contribution in [0.5, 0.6) is 0 Å². The summed E-state index contributed by atoms with van der Waals surface area (Å²) in [7, 11) is -2.82. The van der Waals surface area contributed by atoms with Crippen LogP contribution in [0.25, 0.3) is 0 Å². The highest BCUT2D eigenvalue weighted by molar-refractivity contribution is 7.91. The predicted molar refractivity (Wildman–Crippen MR) is 85.9 cm³/mol. The van der Waals surface area contributed by atoms with Crippen molar-refractivity contribution in [2.75, 3.05) is 31.1 Å². The first-order chi connectivity index (χ1) is 9.23. The molecule has 1 aliphatic heterocycles. The zero-order valence-electron chi connectivity index (χ0n) is 13.6. The SMILES string of the molecule is CCS(=O)(=O)CCCN1CCCCC1CNC(C)(C)C. The van der Waals surface area contributed by atoms with Gasteiger partial charge in [-0.05, 0) is 53.1 Å². The van der Waals surface area contributed by atoms with Crippen molar-refractivity contribution in [3.8, 4) is 0 Å². The van der Waals surface area contributed by atoms with Gasteiger partial charge in [0.15, 0.2) is 0 Å². The van der Waals surface area contributed by atoms with E-state index in [1.54, 1.807) is 6.92 Å². The Bertz CT molecular complexity index is 374. The van der Waals surface area contributed by atoms with Crippen LogP contribution < -0.4 is 5.32 Å². The Kier molecular flexibility index (Phi) is 6.95. The summed E-state index contributed by atoms with van der Waals surface area (Å²) >= 11 is 0. The maximum absolute atomic E-state index is 11.5. The summed E-state index contributed by atoms with van der Waals surface area (Å²) in [4.78, 5) is 2.48. The summed E-state index contributed by atoms with van der Waals surface area (Å²) in [6, 6.07) is 0.562. The molecule has 4 nitrogen and oxygen atoms in total. The molecule has 0 amide bonds. The number of nitrogens with one attached hydrogen (secondary N) is 1. The largest absolute Gasteiger partial charge is 0.311 e. The van der Waals surface area contributed by atoms with Crippen molar-refractivity contribution < 1.29 is 8.42 Å². The van der Waals surface area contributed by atoms with Crippen LogP contribution in [0.1, 0.15) is 53.4 Å². The van der Waals surface area contributed by atoms with E-state index in [0.717, 1.165) is 26.1 Å². The molecule has 1 atom stereocenters. The van der Waals surface area contributed by atoms with Gasteiger partial charge in [-0.3, -0.25) is 4.90 Å². The number of hydrogen-bond donors (Lipinski definition) is 1. The zero-order chi connectivity index (χ0) is 15.2. The Balaban J connectivity index is 2.40. The van der Waals surface area contributed by atoms with Crippen LogP contribution in [-0.4, -0.2) is 56.0 Å². The number of sulfone groups is 1. The number of likely N-dealkylation sites (tertiary alicyclic amines) is 1. The van der Waals surface area contributed by atoms with E-state index in [4.69, 9.17) is 0 Å². The van der Waals surface area contributed by atoms with Crippen LogP contribution in [-0.2, 0) is 9.84 Å². The molecule has 120 valence electrons. The predicted octanol–water partition coefficient (Wildman–Crippen LogP) is 2.05. The molecule has 1 saturated heterocycles. The second-order valence-corrected chi connectivity index (χ2v) is 9.38. The van der Waals surface area contributed by atoms with E-state index in [-0.39, 0.29) is 11.3 Å². The summed E-state index contributed by atoms with van der Waals surface area (Å²) in [6.07, 6.45) is 4.53. The molecule has 1 rings (SSSR count). The van der Waals surface area contributed by atoms with Gasteiger partial charge in [-0.25, -0.2) is 8.42 Å². The van der Waals surface area contributed by atoms with Crippen LogP contribution >= 0.6 is 0 Å². The normalized spacial score (nSPS) is 22.1. The van der Waals surface area contributed by atoms with Crippen molar-refractivity contribution in [1.29, 1.82) is 0 Å². The molecule has 0 radical (unpaired) electrons. The fraction of sp³-hybridized carbons (Fsp3) is 1.00. The third kappa shape index (κ3) is 7.04. The lowest BCUT2D eigenvalue weighted by molar-refractivity contribution is 0.139. The van der Waals surface area contributed by atoms with Crippen LogP contribution in [0.15, 0.2) is 0 Å². The summed E-state index contributed by atoms with van der Waals surface area (Å²) in [5.74, 6) is 0.599. The number of hydrogen-bond acceptors (Lipinski definition) is 4. The van der Waals surface area contributed by atoms with Gasteiger partial charge in [-0.2, -0.15) is 0 Å². The highest BCUT2D eigenvalue weighted by Gasteiger charge is 2.23. The average Bonchev–Trinajstić information content (AvgIpc) is 2.36. The molecule has 1 N–H and O–H groups in total. The molecule has 0 aromatic rings. The molecule has 0 spiro atoms. The lowest BCUT2D eigenvalue weighted by atomic mass is 10.0. The van der Waals surface area contributed by atoms with Gasteiger partial charge in [0.2, 0.25) is 0 Å². The van der Waals surface area contributed by atoms with Crippen LogP contribution in [0.4, 0.5) is 0 Å². The van der Waals surface area contributed by atoms with Crippen molar-refractivity contribution >= 4 is 9.84 Å². The van der Waals surface area contributed by atoms with Crippen molar-refractivity contribution in [3.63, 3.8) is 0 Å². The summed E-state index contributed by atoms with van der Waals surface area (Å²) in [6.45, 7) is 11.3. The molecular weight excluding hydrogens is 272 g/mol. The monoisotopic (exact) mass is 304 g/mol. The molecule has 20 heavy (non-hydrogen) atoms. The highest BCUT2D eigenvalue weighted by atomic mass is 32.2. The molecule has 0 aromatic heterocycles. The minimum atomic E-state index is -2.82. The Labute approximate surface area is 125 Å². The Morgan fingerprint density at radius 2 is 1.95 bits per heavy atom. The zero-order valence-corrected chi connectivity index (χ0v) is 14.4. The molecule has 0 aromatic carbocycles.